The van der Waals surface area contributed by atoms with Crippen molar-refractivity contribution in [1.29, 1.82) is 0 Å². The van der Waals surface area contributed by atoms with Gasteiger partial charge in [0.25, 0.3) is 5.91 Å². The molecule has 32 heavy (non-hydrogen) atoms. The molecule has 0 unspecified atom stereocenters. The summed E-state index contributed by atoms with van der Waals surface area (Å²) in [5.74, 6) is 0.436. The second-order valence-corrected chi connectivity index (χ2v) is 9.07. The average Bonchev–Trinajstić information content (AvgIpc) is 3.29. The number of rotatable bonds is 5. The van der Waals surface area contributed by atoms with Gasteiger partial charge in [0.15, 0.2) is 5.82 Å². The zero-order valence-electron chi connectivity index (χ0n) is 17.4. The highest BCUT2D eigenvalue weighted by Crippen LogP contribution is 2.30. The molecule has 10 heteroatoms. The highest BCUT2D eigenvalue weighted by atomic mass is 35.5. The maximum atomic E-state index is 13.3. The molecule has 1 aliphatic rings. The summed E-state index contributed by atoms with van der Waals surface area (Å²) in [7, 11) is 0. The molecule has 0 bridgehead atoms. The van der Waals surface area contributed by atoms with Crippen molar-refractivity contribution in [3.05, 3.63) is 52.5 Å². The van der Waals surface area contributed by atoms with E-state index in [9.17, 15) is 4.79 Å². The number of hydrogen-bond donors (Lipinski definition) is 3. The number of piperidine rings is 1. The van der Waals surface area contributed by atoms with Crippen LogP contribution in [0.25, 0.3) is 21.1 Å². The molecule has 3 N–H and O–H groups in total. The van der Waals surface area contributed by atoms with Gasteiger partial charge in [-0.25, -0.2) is 19.9 Å². The van der Waals surface area contributed by atoms with Gasteiger partial charge in [-0.05, 0) is 50.4 Å². The number of fused-ring (bicyclic) bond motifs is 2. The number of carbonyl (C=O) groups excluding carboxylic acids is 1. The lowest BCUT2D eigenvalue weighted by atomic mass is 10.0. The average molecular weight is 468 g/mol. The van der Waals surface area contributed by atoms with Crippen LogP contribution in [0.15, 0.2) is 36.1 Å². The Bertz CT molecular complexity index is 1290. The smallest absolute Gasteiger partial charge is 0.270 e. The third-order valence-electron chi connectivity index (χ3n) is 5.65. The van der Waals surface area contributed by atoms with Crippen LogP contribution in [-0.2, 0) is 0 Å². The van der Waals surface area contributed by atoms with Crippen molar-refractivity contribution in [2.75, 3.05) is 18.4 Å². The highest BCUT2D eigenvalue weighted by Gasteiger charge is 2.22. The van der Waals surface area contributed by atoms with E-state index in [1.807, 2.05) is 25.1 Å². The summed E-state index contributed by atoms with van der Waals surface area (Å²) in [6.45, 7) is 3.77. The van der Waals surface area contributed by atoms with Gasteiger partial charge in [-0.15, -0.1) is 11.3 Å². The van der Waals surface area contributed by atoms with E-state index >= 15 is 0 Å². The van der Waals surface area contributed by atoms with E-state index in [-0.39, 0.29) is 18.0 Å². The lowest BCUT2D eigenvalue weighted by Gasteiger charge is -2.24. The van der Waals surface area contributed by atoms with Crippen molar-refractivity contribution in [2.45, 2.75) is 31.8 Å². The topological polar surface area (TPSA) is 105 Å². The van der Waals surface area contributed by atoms with Gasteiger partial charge >= 0.3 is 0 Å². The zero-order valence-corrected chi connectivity index (χ0v) is 19.0. The Kier molecular flexibility index (Phi) is 5.86. The van der Waals surface area contributed by atoms with Crippen LogP contribution < -0.4 is 16.0 Å². The molecule has 3 aromatic heterocycles. The molecule has 4 aromatic rings. The van der Waals surface area contributed by atoms with E-state index in [1.54, 1.807) is 11.6 Å². The summed E-state index contributed by atoms with van der Waals surface area (Å²) in [5.41, 5.74) is 3.53. The van der Waals surface area contributed by atoms with E-state index in [0.29, 0.717) is 21.9 Å². The molecule has 1 fully saturated rings. The maximum absolute atomic E-state index is 13.3. The number of thiazole rings is 1. The number of pyridine rings is 1. The fraction of sp³-hybridized carbons (Fsp3) is 0.318. The Balaban J connectivity index is 1.50. The first-order valence-electron chi connectivity index (χ1n) is 10.5. The van der Waals surface area contributed by atoms with Crippen LogP contribution in [0.3, 0.4) is 0 Å². The Labute approximate surface area is 193 Å². The predicted octanol–water partition coefficient (Wildman–Crippen LogP) is 3.94. The Morgan fingerprint density at radius 1 is 1.25 bits per heavy atom. The van der Waals surface area contributed by atoms with E-state index < -0.39 is 0 Å². The summed E-state index contributed by atoms with van der Waals surface area (Å²) < 4.78 is 0. The molecule has 1 saturated heterocycles. The molecule has 4 heterocycles. The second kappa shape index (κ2) is 8.93. The van der Waals surface area contributed by atoms with Crippen LogP contribution in [0.1, 0.15) is 42.0 Å². The van der Waals surface area contributed by atoms with Gasteiger partial charge in [-0.2, -0.15) is 0 Å². The van der Waals surface area contributed by atoms with E-state index in [1.165, 1.54) is 17.7 Å². The molecule has 164 valence electrons. The highest BCUT2D eigenvalue weighted by molar-refractivity contribution is 7.16. The molecule has 1 amide bonds. The number of carbonyl (C=O) groups is 1. The van der Waals surface area contributed by atoms with Gasteiger partial charge < -0.3 is 16.0 Å². The van der Waals surface area contributed by atoms with Crippen LogP contribution in [0.5, 0.6) is 0 Å². The summed E-state index contributed by atoms with van der Waals surface area (Å²) >= 11 is 7.95. The Hall–Kier alpha value is -2.88. The van der Waals surface area contributed by atoms with E-state index in [0.717, 1.165) is 47.4 Å². The number of nitrogens with one attached hydrogen (secondary N) is 3. The molecule has 8 nitrogen and oxygen atoms in total. The van der Waals surface area contributed by atoms with Gasteiger partial charge in [0.1, 0.15) is 22.4 Å². The minimum atomic E-state index is -0.219. The molecule has 1 aromatic carbocycles. The molecule has 0 spiro atoms. The number of halogens is 1. The molecule has 1 atom stereocenters. The molecule has 0 radical (unpaired) electrons. The molecule has 5 rings (SSSR count). The summed E-state index contributed by atoms with van der Waals surface area (Å²) in [6, 6.07) is 7.48. The van der Waals surface area contributed by atoms with Gasteiger partial charge in [0, 0.05) is 11.4 Å². The molecule has 1 aliphatic heterocycles. The fourth-order valence-electron chi connectivity index (χ4n) is 3.97. The quantitative estimate of drug-likeness (QED) is 0.408. The van der Waals surface area contributed by atoms with Crippen molar-refractivity contribution >= 4 is 55.8 Å². The molecular weight excluding hydrogens is 446 g/mol. The Morgan fingerprint density at radius 3 is 2.94 bits per heavy atom. The standard InChI is InChI=1S/C22H22ClN7OS/c1-12(28-20-19-22(26-10-25-20)32-11-27-19)16-9-13-3-2-4-15(23)17(13)18(30-16)21(31)29-14-5-7-24-8-6-14/h2-4,9-12,14,24H,5-8H2,1H3,(H,29,31)(H,25,26,28)/t12-/m0/s1. The third kappa shape index (κ3) is 4.11. The van der Waals surface area contributed by atoms with Crippen molar-refractivity contribution < 1.29 is 4.79 Å². The number of anilines is 1. The van der Waals surface area contributed by atoms with Gasteiger partial charge in [-0.1, -0.05) is 23.7 Å². The maximum Gasteiger partial charge on any atom is 0.270 e. The first kappa shape index (κ1) is 21.0. The predicted molar refractivity (Wildman–Crippen MR) is 127 cm³/mol. The zero-order chi connectivity index (χ0) is 22.1. The SMILES string of the molecule is C[C@H](Nc1ncnc2scnc12)c1cc2cccc(Cl)c2c(C(=O)NC2CCNCC2)n1. The second-order valence-electron chi connectivity index (χ2n) is 7.83. The monoisotopic (exact) mass is 467 g/mol. The van der Waals surface area contributed by atoms with Crippen molar-refractivity contribution in [3.63, 3.8) is 0 Å². The Morgan fingerprint density at radius 2 is 2.09 bits per heavy atom. The fourth-order valence-corrected chi connectivity index (χ4v) is 4.87. The summed E-state index contributed by atoms with van der Waals surface area (Å²) in [4.78, 5) is 31.8. The van der Waals surface area contributed by atoms with Crippen LogP contribution in [0.4, 0.5) is 5.82 Å². The summed E-state index contributed by atoms with van der Waals surface area (Å²) in [6.07, 6.45) is 3.31. The first-order valence-corrected chi connectivity index (χ1v) is 11.8. The molecule has 0 saturated carbocycles. The van der Waals surface area contributed by atoms with Crippen LogP contribution >= 0.6 is 22.9 Å². The number of nitrogens with zero attached hydrogens (tertiary/aromatic N) is 4. The number of benzene rings is 1. The van der Waals surface area contributed by atoms with Crippen molar-refractivity contribution in [2.24, 2.45) is 0 Å². The van der Waals surface area contributed by atoms with Crippen LogP contribution in [-0.4, -0.2) is 45.0 Å². The molecule has 0 aliphatic carbocycles. The minimum absolute atomic E-state index is 0.126. The number of amides is 1. The lowest BCUT2D eigenvalue weighted by Crippen LogP contribution is -2.43. The third-order valence-corrected chi connectivity index (χ3v) is 6.70. The van der Waals surface area contributed by atoms with Gasteiger partial charge in [-0.3, -0.25) is 4.79 Å². The van der Waals surface area contributed by atoms with Crippen molar-refractivity contribution in [3.8, 4) is 0 Å². The lowest BCUT2D eigenvalue weighted by molar-refractivity contribution is 0.0926. The normalized spacial score (nSPS) is 15.7. The minimum Gasteiger partial charge on any atom is -0.360 e. The van der Waals surface area contributed by atoms with Gasteiger partial charge in [0.2, 0.25) is 0 Å². The molecular formula is C22H22ClN7OS. The van der Waals surface area contributed by atoms with Gasteiger partial charge in [0.05, 0.1) is 22.3 Å². The first-order chi connectivity index (χ1) is 15.6. The van der Waals surface area contributed by atoms with Crippen molar-refractivity contribution in [1.82, 2.24) is 30.6 Å². The van der Waals surface area contributed by atoms with E-state index in [2.05, 4.69) is 30.9 Å². The number of hydrogen-bond acceptors (Lipinski definition) is 8. The van der Waals surface area contributed by atoms with Crippen LogP contribution in [0, 0.1) is 0 Å². The number of aromatic nitrogens is 4. The van der Waals surface area contributed by atoms with Crippen LogP contribution in [0.2, 0.25) is 5.02 Å². The largest absolute Gasteiger partial charge is 0.360 e. The van der Waals surface area contributed by atoms with E-state index in [4.69, 9.17) is 16.6 Å². The summed E-state index contributed by atoms with van der Waals surface area (Å²) in [5, 5.41) is 11.9.